The third kappa shape index (κ3) is 6.45. The van der Waals surface area contributed by atoms with E-state index in [0.29, 0.717) is 5.69 Å². The molecule has 2 amide bonds. The molecule has 0 aliphatic carbocycles. The Morgan fingerprint density at radius 2 is 1.76 bits per heavy atom. The van der Waals surface area contributed by atoms with Crippen molar-refractivity contribution in [3.63, 3.8) is 0 Å². The second-order valence-corrected chi connectivity index (χ2v) is 8.31. The first-order valence-electron chi connectivity index (χ1n) is 7.85. The maximum Gasteiger partial charge on any atom is 0.247 e. The molecule has 9 heteroatoms. The van der Waals surface area contributed by atoms with Crippen molar-refractivity contribution < 1.29 is 22.8 Å². The lowest BCUT2D eigenvalue weighted by Gasteiger charge is -2.20. The van der Waals surface area contributed by atoms with Crippen molar-refractivity contribution in [1.29, 1.82) is 0 Å². The van der Waals surface area contributed by atoms with E-state index < -0.39 is 33.7 Å². The Balaban J connectivity index is 2.79. The zero-order valence-electron chi connectivity index (χ0n) is 14.9. The average Bonchev–Trinajstić information content (AvgIpc) is 2.52. The smallest absolute Gasteiger partial charge is 0.247 e. The van der Waals surface area contributed by atoms with Crippen molar-refractivity contribution in [2.45, 2.75) is 38.9 Å². The first-order valence-corrected chi connectivity index (χ1v) is 9.39. The summed E-state index contributed by atoms with van der Waals surface area (Å²) in [6.45, 7) is 6.29. The maximum atomic E-state index is 11.8. The second-order valence-electron chi connectivity index (χ2n) is 5.99. The molecule has 0 saturated carbocycles. The van der Waals surface area contributed by atoms with E-state index in [9.17, 15) is 18.0 Å². The SMILES string of the molecule is CC(=O)N(OCC(N)=O)c1ccc(C(C)CNS(=O)(=O)C(C)C)cc1. The highest BCUT2D eigenvalue weighted by molar-refractivity contribution is 7.90. The van der Waals surface area contributed by atoms with E-state index >= 15 is 0 Å². The number of primary amides is 1. The van der Waals surface area contributed by atoms with Crippen molar-refractivity contribution in [2.24, 2.45) is 5.73 Å². The molecule has 8 nitrogen and oxygen atoms in total. The molecule has 1 atom stereocenters. The van der Waals surface area contributed by atoms with Crippen LogP contribution >= 0.6 is 0 Å². The van der Waals surface area contributed by atoms with Gasteiger partial charge in [-0.3, -0.25) is 14.4 Å². The summed E-state index contributed by atoms with van der Waals surface area (Å²) in [4.78, 5) is 27.5. The van der Waals surface area contributed by atoms with E-state index in [4.69, 9.17) is 10.6 Å². The largest absolute Gasteiger partial charge is 0.368 e. The molecular formula is C16H25N3O5S. The lowest BCUT2D eigenvalue weighted by molar-refractivity contribution is -0.129. The molecule has 25 heavy (non-hydrogen) atoms. The Morgan fingerprint density at radius 3 is 2.20 bits per heavy atom. The fraction of sp³-hybridized carbons (Fsp3) is 0.500. The predicted octanol–water partition coefficient (Wildman–Crippen LogP) is 0.888. The van der Waals surface area contributed by atoms with Crippen LogP contribution in [0.2, 0.25) is 0 Å². The lowest BCUT2D eigenvalue weighted by Crippen LogP contribution is -2.33. The molecule has 0 radical (unpaired) electrons. The number of sulfonamides is 1. The molecule has 3 N–H and O–H groups in total. The first kappa shape index (κ1) is 21.1. The number of hydroxylamine groups is 1. The molecule has 140 valence electrons. The van der Waals surface area contributed by atoms with Gasteiger partial charge in [0.25, 0.3) is 0 Å². The summed E-state index contributed by atoms with van der Waals surface area (Å²) in [5, 5.41) is 0.495. The summed E-state index contributed by atoms with van der Waals surface area (Å²) < 4.78 is 26.2. The summed E-state index contributed by atoms with van der Waals surface area (Å²) >= 11 is 0. The highest BCUT2D eigenvalue weighted by atomic mass is 32.2. The Morgan fingerprint density at radius 1 is 1.20 bits per heavy atom. The van der Waals surface area contributed by atoms with Crippen LogP contribution in [0.1, 0.15) is 39.2 Å². The van der Waals surface area contributed by atoms with Crippen LogP contribution in [0.25, 0.3) is 0 Å². The monoisotopic (exact) mass is 371 g/mol. The van der Waals surface area contributed by atoms with Gasteiger partial charge in [0.1, 0.15) is 0 Å². The van der Waals surface area contributed by atoms with Gasteiger partial charge in [-0.25, -0.2) is 13.1 Å². The fourth-order valence-electron chi connectivity index (χ4n) is 1.94. The summed E-state index contributed by atoms with van der Waals surface area (Å²) in [6, 6.07) is 6.86. The van der Waals surface area contributed by atoms with Crippen LogP contribution in [0.4, 0.5) is 5.69 Å². The van der Waals surface area contributed by atoms with E-state index in [0.717, 1.165) is 10.6 Å². The average molecular weight is 371 g/mol. The van der Waals surface area contributed by atoms with E-state index in [1.54, 1.807) is 38.1 Å². The van der Waals surface area contributed by atoms with Gasteiger partial charge in [-0.2, -0.15) is 5.06 Å². The third-order valence-corrected chi connectivity index (χ3v) is 5.34. The Labute approximate surface area is 148 Å². The van der Waals surface area contributed by atoms with E-state index in [-0.39, 0.29) is 12.5 Å². The molecule has 1 aromatic rings. The number of rotatable bonds is 9. The van der Waals surface area contributed by atoms with Gasteiger partial charge in [-0.15, -0.1) is 0 Å². The predicted molar refractivity (Wildman–Crippen MR) is 95.2 cm³/mol. The van der Waals surface area contributed by atoms with Gasteiger partial charge in [0.05, 0.1) is 10.9 Å². The van der Waals surface area contributed by atoms with Crippen molar-refractivity contribution in [1.82, 2.24) is 4.72 Å². The lowest BCUT2D eigenvalue weighted by atomic mass is 10.0. The van der Waals surface area contributed by atoms with Crippen LogP contribution in [0.15, 0.2) is 24.3 Å². The number of nitrogens with zero attached hydrogens (tertiary/aromatic N) is 1. The van der Waals surface area contributed by atoms with Gasteiger partial charge >= 0.3 is 0 Å². The molecule has 1 rings (SSSR count). The quantitative estimate of drug-likeness (QED) is 0.625. The first-order chi connectivity index (χ1) is 11.5. The minimum Gasteiger partial charge on any atom is -0.368 e. The van der Waals surface area contributed by atoms with Crippen molar-refractivity contribution in [3.8, 4) is 0 Å². The number of hydrogen-bond acceptors (Lipinski definition) is 5. The number of nitrogens with two attached hydrogens (primary N) is 1. The van der Waals surface area contributed by atoms with Crippen LogP contribution in [-0.2, 0) is 24.4 Å². The maximum absolute atomic E-state index is 11.8. The van der Waals surface area contributed by atoms with Crippen LogP contribution < -0.4 is 15.5 Å². The molecule has 0 bridgehead atoms. The number of anilines is 1. The minimum atomic E-state index is -3.32. The van der Waals surface area contributed by atoms with Gasteiger partial charge < -0.3 is 5.73 Å². The van der Waals surface area contributed by atoms with E-state index in [2.05, 4.69) is 4.72 Å². The van der Waals surface area contributed by atoms with Crippen LogP contribution in [-0.4, -0.2) is 38.6 Å². The number of carbonyl (C=O) groups is 2. The molecule has 0 aliphatic rings. The van der Waals surface area contributed by atoms with Gasteiger partial charge in [-0.1, -0.05) is 19.1 Å². The van der Waals surface area contributed by atoms with Crippen LogP contribution in [0.3, 0.4) is 0 Å². The Kier molecular flexibility index (Phi) is 7.53. The second kappa shape index (κ2) is 8.93. The van der Waals surface area contributed by atoms with E-state index in [1.165, 1.54) is 6.92 Å². The summed E-state index contributed by atoms with van der Waals surface area (Å²) in [6.07, 6.45) is 0. The molecule has 0 aliphatic heterocycles. The molecule has 1 unspecified atom stereocenters. The standard InChI is InChI=1S/C16H25N3O5S/c1-11(2)25(22,23)18-9-12(3)14-5-7-15(8-6-14)19(13(4)20)24-10-16(17)21/h5-8,11-12,18H,9-10H2,1-4H3,(H2,17,21). The molecule has 0 fully saturated rings. The zero-order valence-corrected chi connectivity index (χ0v) is 15.7. The highest BCUT2D eigenvalue weighted by Gasteiger charge is 2.18. The number of amides is 2. The van der Waals surface area contributed by atoms with Gasteiger partial charge in [0.2, 0.25) is 21.8 Å². The van der Waals surface area contributed by atoms with Crippen molar-refractivity contribution in [2.75, 3.05) is 18.2 Å². The van der Waals surface area contributed by atoms with Gasteiger partial charge in [0.15, 0.2) is 6.61 Å². The van der Waals surface area contributed by atoms with Gasteiger partial charge in [-0.05, 0) is 37.5 Å². The molecule has 1 aromatic carbocycles. The normalized spacial score (nSPS) is 12.8. The summed E-state index contributed by atoms with van der Waals surface area (Å²) in [5.41, 5.74) is 6.36. The Hall–Kier alpha value is -1.97. The summed E-state index contributed by atoms with van der Waals surface area (Å²) in [7, 11) is -3.32. The molecule has 0 heterocycles. The molecule has 0 spiro atoms. The number of benzene rings is 1. The number of nitrogens with one attached hydrogen (secondary N) is 1. The number of carbonyl (C=O) groups excluding carboxylic acids is 2. The van der Waals surface area contributed by atoms with Crippen molar-refractivity contribution in [3.05, 3.63) is 29.8 Å². The molecule has 0 aromatic heterocycles. The highest BCUT2D eigenvalue weighted by Crippen LogP contribution is 2.21. The Bertz CT molecular complexity index is 701. The molecule has 0 saturated heterocycles. The minimum absolute atomic E-state index is 0.0557. The van der Waals surface area contributed by atoms with Crippen LogP contribution in [0, 0.1) is 0 Å². The van der Waals surface area contributed by atoms with Crippen molar-refractivity contribution >= 4 is 27.5 Å². The third-order valence-electron chi connectivity index (χ3n) is 3.53. The van der Waals surface area contributed by atoms with Gasteiger partial charge in [0, 0.05) is 13.5 Å². The van der Waals surface area contributed by atoms with Crippen LogP contribution in [0.5, 0.6) is 0 Å². The molecular weight excluding hydrogens is 346 g/mol. The summed E-state index contributed by atoms with van der Waals surface area (Å²) in [5.74, 6) is -1.14. The number of hydrogen-bond donors (Lipinski definition) is 2. The fourth-order valence-corrected chi connectivity index (χ4v) is 2.75. The van der Waals surface area contributed by atoms with E-state index in [1.807, 2.05) is 6.92 Å². The zero-order chi connectivity index (χ0) is 19.2. The topological polar surface area (TPSA) is 119 Å².